The molecule has 2 aliphatic heterocycles. The molecule has 32 heavy (non-hydrogen) atoms. The Bertz CT molecular complexity index is 1020. The van der Waals surface area contributed by atoms with Gasteiger partial charge in [0.1, 0.15) is 11.7 Å². The van der Waals surface area contributed by atoms with E-state index in [4.69, 9.17) is 11.6 Å². The summed E-state index contributed by atoms with van der Waals surface area (Å²) in [5, 5.41) is 9.76. The summed E-state index contributed by atoms with van der Waals surface area (Å²) >= 11 is 5.77. The minimum absolute atomic E-state index is 0.106. The van der Waals surface area contributed by atoms with Gasteiger partial charge in [-0.1, -0.05) is 18.0 Å². The summed E-state index contributed by atoms with van der Waals surface area (Å²) < 4.78 is 0.998. The topological polar surface area (TPSA) is 96.3 Å². The van der Waals surface area contributed by atoms with Crippen LogP contribution < -0.4 is 16.2 Å². The average molecular weight is 458 g/mol. The Balaban J connectivity index is 1.29. The molecule has 0 radical (unpaired) electrons. The first-order valence-corrected chi connectivity index (χ1v) is 11.5. The fourth-order valence-corrected chi connectivity index (χ4v) is 4.87. The molecule has 1 aromatic heterocycles. The molecule has 2 aromatic rings. The zero-order chi connectivity index (χ0) is 22.5. The van der Waals surface area contributed by atoms with E-state index in [0.29, 0.717) is 29.8 Å². The van der Waals surface area contributed by atoms with Gasteiger partial charge in [0.15, 0.2) is 0 Å². The van der Waals surface area contributed by atoms with E-state index in [-0.39, 0.29) is 17.6 Å². The number of carbonyl (C=O) groups excluding carboxylic acids is 2. The van der Waals surface area contributed by atoms with Gasteiger partial charge >= 0.3 is 0 Å². The Kier molecular flexibility index (Phi) is 7.22. The van der Waals surface area contributed by atoms with Gasteiger partial charge in [-0.05, 0) is 75.0 Å². The Morgan fingerprint density at radius 1 is 1.03 bits per heavy atom. The van der Waals surface area contributed by atoms with Crippen LogP contribution in [0.1, 0.15) is 42.5 Å². The number of nitrogens with one attached hydrogen (secondary N) is 2. The lowest BCUT2D eigenvalue weighted by Crippen LogP contribution is -2.51. The molecule has 0 spiro atoms. The second-order valence-corrected chi connectivity index (χ2v) is 8.88. The Labute approximate surface area is 191 Å². The lowest BCUT2D eigenvalue weighted by atomic mass is 9.83. The van der Waals surface area contributed by atoms with Crippen LogP contribution in [-0.2, 0) is 11.3 Å². The number of halogens is 1. The van der Waals surface area contributed by atoms with Crippen molar-refractivity contribution in [2.75, 3.05) is 25.0 Å². The molecule has 2 N–H and O–H groups in total. The minimum atomic E-state index is -0.411. The standard InChI is InChI=1S/C23H28ClN5O3/c24-20-10-11-22(31)29(27-20)15-21(30)26-18-8-6-16(7-9-18)23(32)25-14-17-4-3-13-28-12-2-1-5-19(17)28/h6-11,17,19H,1-5,12-15H2,(H,25,32)(H,26,30). The summed E-state index contributed by atoms with van der Waals surface area (Å²) in [4.78, 5) is 39.2. The SMILES string of the molecule is O=C(Cn1nc(Cl)ccc1=O)Nc1ccc(C(=O)NCC2CCCN3CCCCC23)cc1. The molecule has 2 saturated heterocycles. The predicted octanol–water partition coefficient (Wildman–Crippen LogP) is 2.53. The first-order valence-electron chi connectivity index (χ1n) is 11.2. The Morgan fingerprint density at radius 3 is 2.62 bits per heavy atom. The first kappa shape index (κ1) is 22.5. The largest absolute Gasteiger partial charge is 0.352 e. The summed E-state index contributed by atoms with van der Waals surface area (Å²) in [7, 11) is 0. The summed E-state index contributed by atoms with van der Waals surface area (Å²) in [6, 6.07) is 9.94. The number of aromatic nitrogens is 2. The number of hydrogen-bond donors (Lipinski definition) is 2. The monoisotopic (exact) mass is 457 g/mol. The van der Waals surface area contributed by atoms with Crippen LogP contribution in [0.4, 0.5) is 5.69 Å². The van der Waals surface area contributed by atoms with Gasteiger partial charge in [0.2, 0.25) is 5.91 Å². The molecule has 4 rings (SSSR count). The third-order valence-electron chi connectivity index (χ3n) is 6.31. The van der Waals surface area contributed by atoms with E-state index in [1.165, 1.54) is 50.9 Å². The minimum Gasteiger partial charge on any atom is -0.352 e. The lowest BCUT2D eigenvalue weighted by molar-refractivity contribution is -0.117. The van der Waals surface area contributed by atoms with Crippen LogP contribution in [-0.4, -0.2) is 52.2 Å². The van der Waals surface area contributed by atoms with Crippen molar-refractivity contribution in [2.45, 2.75) is 44.7 Å². The number of piperidine rings is 2. The Hall–Kier alpha value is -2.71. The van der Waals surface area contributed by atoms with Crippen molar-refractivity contribution in [1.82, 2.24) is 20.0 Å². The van der Waals surface area contributed by atoms with Gasteiger partial charge in [0.05, 0.1) is 0 Å². The highest BCUT2D eigenvalue weighted by Crippen LogP contribution is 2.30. The highest BCUT2D eigenvalue weighted by atomic mass is 35.5. The van der Waals surface area contributed by atoms with Gasteiger partial charge < -0.3 is 15.5 Å². The smallest absolute Gasteiger partial charge is 0.267 e. The average Bonchev–Trinajstić information content (AvgIpc) is 2.80. The summed E-state index contributed by atoms with van der Waals surface area (Å²) in [6.45, 7) is 2.82. The quantitative estimate of drug-likeness (QED) is 0.694. The molecule has 170 valence electrons. The van der Waals surface area contributed by atoms with Gasteiger partial charge in [0, 0.05) is 29.9 Å². The number of fused-ring (bicyclic) bond motifs is 1. The normalized spacial score (nSPS) is 20.9. The zero-order valence-corrected chi connectivity index (χ0v) is 18.7. The lowest BCUT2D eigenvalue weighted by Gasteiger charge is -2.44. The van der Waals surface area contributed by atoms with E-state index in [2.05, 4.69) is 20.6 Å². The molecule has 0 saturated carbocycles. The maximum Gasteiger partial charge on any atom is 0.267 e. The van der Waals surface area contributed by atoms with Crippen LogP contribution in [0.3, 0.4) is 0 Å². The summed E-state index contributed by atoms with van der Waals surface area (Å²) in [5.74, 6) is -0.00559. The number of nitrogens with zero attached hydrogens (tertiary/aromatic N) is 3. The van der Waals surface area contributed by atoms with Crippen LogP contribution >= 0.6 is 11.6 Å². The summed E-state index contributed by atoms with van der Waals surface area (Å²) in [6.07, 6.45) is 6.15. The number of carbonyl (C=O) groups is 2. The van der Waals surface area contributed by atoms with Crippen molar-refractivity contribution >= 4 is 29.1 Å². The van der Waals surface area contributed by atoms with Crippen molar-refractivity contribution in [3.8, 4) is 0 Å². The van der Waals surface area contributed by atoms with E-state index in [0.717, 1.165) is 11.1 Å². The summed E-state index contributed by atoms with van der Waals surface area (Å²) in [5.41, 5.74) is 0.671. The van der Waals surface area contributed by atoms with Crippen molar-refractivity contribution in [3.05, 3.63) is 57.5 Å². The molecule has 2 unspecified atom stereocenters. The van der Waals surface area contributed by atoms with Gasteiger partial charge in [-0.3, -0.25) is 14.4 Å². The second-order valence-electron chi connectivity index (χ2n) is 8.49. The number of benzene rings is 1. The molecule has 2 aliphatic rings. The third-order valence-corrected chi connectivity index (χ3v) is 6.51. The van der Waals surface area contributed by atoms with Crippen LogP contribution in [0.2, 0.25) is 5.15 Å². The van der Waals surface area contributed by atoms with E-state index in [1.54, 1.807) is 24.3 Å². The van der Waals surface area contributed by atoms with E-state index in [9.17, 15) is 14.4 Å². The van der Waals surface area contributed by atoms with E-state index in [1.807, 2.05) is 0 Å². The molecular weight excluding hydrogens is 430 g/mol. The highest BCUT2D eigenvalue weighted by Gasteiger charge is 2.32. The van der Waals surface area contributed by atoms with Crippen LogP contribution in [0, 0.1) is 5.92 Å². The van der Waals surface area contributed by atoms with Gasteiger partial charge in [-0.25, -0.2) is 4.68 Å². The molecule has 3 heterocycles. The first-order chi connectivity index (χ1) is 15.5. The molecule has 8 nitrogen and oxygen atoms in total. The fourth-order valence-electron chi connectivity index (χ4n) is 4.72. The van der Waals surface area contributed by atoms with E-state index >= 15 is 0 Å². The third kappa shape index (κ3) is 5.55. The predicted molar refractivity (Wildman–Crippen MR) is 123 cm³/mol. The molecular formula is C23H28ClN5O3. The van der Waals surface area contributed by atoms with Crippen LogP contribution in [0.15, 0.2) is 41.2 Å². The number of rotatable bonds is 6. The van der Waals surface area contributed by atoms with Crippen molar-refractivity contribution < 1.29 is 9.59 Å². The molecule has 0 bridgehead atoms. The molecule has 2 amide bonds. The molecule has 2 atom stereocenters. The van der Waals surface area contributed by atoms with Gasteiger partial charge in [-0.2, -0.15) is 5.10 Å². The van der Waals surface area contributed by atoms with Crippen molar-refractivity contribution in [3.63, 3.8) is 0 Å². The van der Waals surface area contributed by atoms with Gasteiger partial charge in [-0.15, -0.1) is 0 Å². The van der Waals surface area contributed by atoms with Crippen molar-refractivity contribution in [2.24, 2.45) is 5.92 Å². The maximum absolute atomic E-state index is 12.6. The van der Waals surface area contributed by atoms with Crippen molar-refractivity contribution in [1.29, 1.82) is 0 Å². The molecule has 2 fully saturated rings. The number of amides is 2. The zero-order valence-electron chi connectivity index (χ0n) is 17.9. The van der Waals surface area contributed by atoms with Crippen LogP contribution in [0.25, 0.3) is 0 Å². The Morgan fingerprint density at radius 2 is 1.81 bits per heavy atom. The molecule has 1 aromatic carbocycles. The molecule has 9 heteroatoms. The highest BCUT2D eigenvalue weighted by molar-refractivity contribution is 6.29. The fraction of sp³-hybridized carbons (Fsp3) is 0.478. The van der Waals surface area contributed by atoms with Gasteiger partial charge in [0.25, 0.3) is 11.5 Å². The van der Waals surface area contributed by atoms with Crippen LogP contribution in [0.5, 0.6) is 0 Å². The molecule has 0 aliphatic carbocycles. The maximum atomic E-state index is 12.6. The second kappa shape index (κ2) is 10.3. The van der Waals surface area contributed by atoms with E-state index < -0.39 is 11.5 Å². The number of anilines is 1. The number of hydrogen-bond acceptors (Lipinski definition) is 5.